The summed E-state index contributed by atoms with van der Waals surface area (Å²) in [5.74, 6) is 4.73. The fraction of sp³-hybridized carbons (Fsp3) is 0.774. The van der Waals surface area contributed by atoms with Gasteiger partial charge in [-0.2, -0.15) is 0 Å². The van der Waals surface area contributed by atoms with Gasteiger partial charge < -0.3 is 4.90 Å². The Morgan fingerprint density at radius 3 is 1.78 bits per heavy atom. The third-order valence-corrected chi connectivity index (χ3v) is 9.88. The number of amides is 1. The number of hydrogen-bond acceptors (Lipinski definition) is 3. The highest BCUT2D eigenvalue weighted by molar-refractivity contribution is 5.94. The number of unbranched alkanes of at least 4 members (excludes halogenated alkanes) is 2. The summed E-state index contributed by atoms with van der Waals surface area (Å²) in [6.45, 7) is 3.94. The summed E-state index contributed by atoms with van der Waals surface area (Å²) < 4.78 is 0. The number of likely N-dealkylation sites (tertiary alicyclic amines) is 1. The van der Waals surface area contributed by atoms with Crippen molar-refractivity contribution in [2.24, 2.45) is 29.6 Å². The van der Waals surface area contributed by atoms with Crippen LogP contribution in [0.1, 0.15) is 120 Å². The molecule has 0 aromatic heterocycles. The number of carbonyl (C=O) groups excluding carboxylic acids is 1. The third kappa shape index (κ3) is 7.55. The number of non-ortho nitro benzene ring substituents is 1. The third-order valence-electron chi connectivity index (χ3n) is 9.88. The van der Waals surface area contributed by atoms with Crippen LogP contribution in [0.3, 0.4) is 0 Å². The molecule has 3 fully saturated rings. The average Bonchev–Trinajstić information content (AvgIpc) is 2.93. The normalized spacial score (nSPS) is 27.6. The van der Waals surface area contributed by atoms with Crippen LogP contribution >= 0.6 is 0 Å². The Hall–Kier alpha value is -1.91. The average molecular weight is 497 g/mol. The molecule has 0 radical (unpaired) electrons. The maximum absolute atomic E-state index is 12.8. The van der Waals surface area contributed by atoms with E-state index < -0.39 is 4.92 Å². The van der Waals surface area contributed by atoms with E-state index in [2.05, 4.69) is 6.92 Å². The molecule has 0 unspecified atom stereocenters. The second-order valence-corrected chi connectivity index (χ2v) is 12.2. The number of nitro groups is 1. The molecule has 1 aromatic carbocycles. The van der Waals surface area contributed by atoms with E-state index in [1.807, 2.05) is 4.90 Å². The molecular formula is C31H48N2O3. The van der Waals surface area contributed by atoms with Crippen LogP contribution in [-0.4, -0.2) is 28.8 Å². The van der Waals surface area contributed by atoms with Crippen molar-refractivity contribution in [3.63, 3.8) is 0 Å². The summed E-state index contributed by atoms with van der Waals surface area (Å²) in [7, 11) is 0. The Labute approximate surface area is 218 Å². The van der Waals surface area contributed by atoms with Gasteiger partial charge in [-0.15, -0.1) is 0 Å². The molecule has 1 aromatic rings. The lowest BCUT2D eigenvalue weighted by Gasteiger charge is -2.38. The van der Waals surface area contributed by atoms with Gasteiger partial charge in [0.15, 0.2) is 0 Å². The first kappa shape index (κ1) is 27.1. The molecule has 0 N–H and O–H groups in total. The van der Waals surface area contributed by atoms with Crippen LogP contribution in [0.2, 0.25) is 0 Å². The number of nitro benzene ring substituents is 1. The molecule has 5 nitrogen and oxygen atoms in total. The molecule has 3 aliphatic rings. The van der Waals surface area contributed by atoms with Gasteiger partial charge in [-0.05, 0) is 80.2 Å². The van der Waals surface area contributed by atoms with Crippen LogP contribution in [0.25, 0.3) is 0 Å². The number of rotatable bonds is 10. The van der Waals surface area contributed by atoms with Crippen LogP contribution in [0.4, 0.5) is 5.69 Å². The molecular weight excluding hydrogens is 448 g/mol. The van der Waals surface area contributed by atoms with Crippen molar-refractivity contribution in [3.05, 3.63) is 39.9 Å². The van der Waals surface area contributed by atoms with Gasteiger partial charge in [0.25, 0.3) is 11.6 Å². The molecule has 1 heterocycles. The molecule has 1 saturated heterocycles. The summed E-state index contributed by atoms with van der Waals surface area (Å²) in [6, 6.07) is 6.02. The van der Waals surface area contributed by atoms with Gasteiger partial charge >= 0.3 is 0 Å². The highest BCUT2D eigenvalue weighted by Gasteiger charge is 2.31. The lowest BCUT2D eigenvalue weighted by Crippen LogP contribution is -2.38. The van der Waals surface area contributed by atoms with E-state index in [4.69, 9.17) is 0 Å². The van der Waals surface area contributed by atoms with Crippen LogP contribution in [-0.2, 0) is 0 Å². The van der Waals surface area contributed by atoms with E-state index in [-0.39, 0.29) is 11.6 Å². The van der Waals surface area contributed by atoms with Gasteiger partial charge in [0, 0.05) is 30.8 Å². The number of carbonyl (C=O) groups is 1. The van der Waals surface area contributed by atoms with Crippen molar-refractivity contribution in [2.75, 3.05) is 13.1 Å². The summed E-state index contributed by atoms with van der Waals surface area (Å²) in [5.41, 5.74) is 0.588. The first-order valence-electron chi connectivity index (χ1n) is 15.1. The Morgan fingerprint density at radius 2 is 1.28 bits per heavy atom. The maximum atomic E-state index is 12.8. The quantitative estimate of drug-likeness (QED) is 0.185. The largest absolute Gasteiger partial charge is 0.339 e. The zero-order chi connectivity index (χ0) is 25.3. The summed E-state index contributed by atoms with van der Waals surface area (Å²) in [5, 5.41) is 10.8. The van der Waals surface area contributed by atoms with Gasteiger partial charge in [-0.3, -0.25) is 14.9 Å². The van der Waals surface area contributed by atoms with Crippen LogP contribution in [0.5, 0.6) is 0 Å². The molecule has 36 heavy (non-hydrogen) atoms. The highest BCUT2D eigenvalue weighted by Crippen LogP contribution is 2.43. The van der Waals surface area contributed by atoms with Gasteiger partial charge in [0.1, 0.15) is 0 Å². The standard InChI is InChI=1S/C31H48N2O3/c1-2-3-4-5-24-8-12-27(13-9-24)28-14-10-25(11-15-28)6-7-26-20-22-32(23-21-26)31(34)29-16-18-30(19-17-29)33(35)36/h16-19,24-28H,2-15,20-23H2,1H3. The van der Waals surface area contributed by atoms with Crippen molar-refractivity contribution in [1.29, 1.82) is 0 Å². The Morgan fingerprint density at radius 1 is 0.778 bits per heavy atom. The predicted molar refractivity (Wildman–Crippen MR) is 146 cm³/mol. The monoisotopic (exact) mass is 496 g/mol. The predicted octanol–water partition coefficient (Wildman–Crippen LogP) is 8.42. The first-order valence-corrected chi connectivity index (χ1v) is 15.1. The van der Waals surface area contributed by atoms with E-state index in [1.165, 1.54) is 102 Å². The molecule has 2 aliphatic carbocycles. The summed E-state index contributed by atoms with van der Waals surface area (Å²) >= 11 is 0. The van der Waals surface area contributed by atoms with Gasteiger partial charge in [-0.25, -0.2) is 0 Å². The molecule has 2 saturated carbocycles. The van der Waals surface area contributed by atoms with E-state index >= 15 is 0 Å². The van der Waals surface area contributed by atoms with Gasteiger partial charge in [0.05, 0.1) is 4.92 Å². The fourth-order valence-electron chi connectivity index (χ4n) is 7.38. The zero-order valence-electron chi connectivity index (χ0n) is 22.5. The lowest BCUT2D eigenvalue weighted by molar-refractivity contribution is -0.384. The maximum Gasteiger partial charge on any atom is 0.269 e. The van der Waals surface area contributed by atoms with Crippen molar-refractivity contribution in [2.45, 2.75) is 110 Å². The molecule has 4 rings (SSSR count). The Balaban J connectivity index is 1.10. The second-order valence-electron chi connectivity index (χ2n) is 12.2. The molecule has 0 spiro atoms. The molecule has 0 bridgehead atoms. The van der Waals surface area contributed by atoms with Gasteiger partial charge in [-0.1, -0.05) is 71.1 Å². The van der Waals surface area contributed by atoms with Crippen LogP contribution in [0.15, 0.2) is 24.3 Å². The van der Waals surface area contributed by atoms with Crippen molar-refractivity contribution < 1.29 is 9.72 Å². The number of hydrogen-bond donors (Lipinski definition) is 0. The molecule has 200 valence electrons. The SMILES string of the molecule is CCCCCC1CCC(C2CCC(CCC3CCN(C(=O)c4ccc([N+](=O)[O-])cc4)CC3)CC2)CC1. The Bertz CT molecular complexity index is 815. The van der Waals surface area contributed by atoms with Crippen molar-refractivity contribution in [1.82, 2.24) is 4.90 Å². The topological polar surface area (TPSA) is 63.5 Å². The fourth-order valence-corrected chi connectivity index (χ4v) is 7.38. The molecule has 1 aliphatic heterocycles. The lowest BCUT2D eigenvalue weighted by atomic mass is 9.68. The van der Waals surface area contributed by atoms with E-state index in [9.17, 15) is 14.9 Å². The second kappa shape index (κ2) is 13.6. The molecule has 0 atom stereocenters. The minimum absolute atomic E-state index is 0.0108. The van der Waals surface area contributed by atoms with Crippen LogP contribution < -0.4 is 0 Å². The summed E-state index contributed by atoms with van der Waals surface area (Å²) in [6.07, 6.45) is 22.4. The Kier molecular flexibility index (Phi) is 10.2. The van der Waals surface area contributed by atoms with E-state index in [1.54, 1.807) is 12.1 Å². The van der Waals surface area contributed by atoms with E-state index in [0.29, 0.717) is 5.56 Å². The smallest absolute Gasteiger partial charge is 0.269 e. The van der Waals surface area contributed by atoms with Crippen LogP contribution in [0, 0.1) is 39.7 Å². The van der Waals surface area contributed by atoms with E-state index in [0.717, 1.165) is 55.5 Å². The first-order chi connectivity index (χ1) is 17.5. The number of nitrogens with zero attached hydrogens (tertiary/aromatic N) is 2. The number of benzene rings is 1. The number of piperidine rings is 1. The minimum atomic E-state index is -0.424. The summed E-state index contributed by atoms with van der Waals surface area (Å²) in [4.78, 5) is 25.1. The highest BCUT2D eigenvalue weighted by atomic mass is 16.6. The minimum Gasteiger partial charge on any atom is -0.339 e. The van der Waals surface area contributed by atoms with Gasteiger partial charge in [0.2, 0.25) is 0 Å². The zero-order valence-corrected chi connectivity index (χ0v) is 22.5. The van der Waals surface area contributed by atoms with Crippen molar-refractivity contribution in [3.8, 4) is 0 Å². The molecule has 1 amide bonds. The van der Waals surface area contributed by atoms with Crippen molar-refractivity contribution >= 4 is 11.6 Å². The molecule has 5 heteroatoms.